The third-order valence-corrected chi connectivity index (χ3v) is 4.67. The quantitative estimate of drug-likeness (QED) is 0.618. The smallest absolute Gasteiger partial charge is 0.277 e. The molecule has 128 valence electrons. The average molecular weight is 374 g/mol. The van der Waals surface area contributed by atoms with Crippen LogP contribution in [0.25, 0.3) is 11.5 Å². The Kier molecular flexibility index (Phi) is 5.40. The number of carbonyl (C=O) groups is 1. The molecule has 25 heavy (non-hydrogen) atoms. The topological polar surface area (TPSA) is 59.2 Å². The lowest BCUT2D eigenvalue weighted by Crippen LogP contribution is -2.27. The van der Waals surface area contributed by atoms with Crippen LogP contribution in [0.5, 0.6) is 0 Å². The number of rotatable bonds is 5. The minimum absolute atomic E-state index is 0.0416. The fourth-order valence-corrected chi connectivity index (χ4v) is 2.91. The summed E-state index contributed by atoms with van der Waals surface area (Å²) in [4.78, 5) is 13.9. The largest absolute Gasteiger partial charge is 0.411 e. The van der Waals surface area contributed by atoms with Gasteiger partial charge in [-0.2, -0.15) is 0 Å². The van der Waals surface area contributed by atoms with Crippen LogP contribution in [-0.4, -0.2) is 28.9 Å². The van der Waals surface area contributed by atoms with Crippen molar-refractivity contribution < 1.29 is 9.21 Å². The van der Waals surface area contributed by atoms with Crippen molar-refractivity contribution in [3.8, 4) is 11.5 Å². The van der Waals surface area contributed by atoms with Crippen LogP contribution < -0.4 is 4.90 Å². The van der Waals surface area contributed by atoms with E-state index in [1.807, 2.05) is 31.2 Å². The molecule has 0 bridgehead atoms. The first-order valence-corrected chi connectivity index (χ1v) is 8.95. The average Bonchev–Trinajstić information content (AvgIpc) is 3.09. The first-order valence-electron chi connectivity index (χ1n) is 7.58. The van der Waals surface area contributed by atoms with E-state index in [2.05, 4.69) is 10.2 Å². The molecule has 0 unspecified atom stereocenters. The number of carbonyl (C=O) groups excluding carboxylic acids is 1. The second kappa shape index (κ2) is 7.72. The highest BCUT2D eigenvalue weighted by molar-refractivity contribution is 7.99. The second-order valence-corrected chi connectivity index (χ2v) is 6.82. The summed E-state index contributed by atoms with van der Waals surface area (Å²) in [5.74, 6) is 0.575. The number of thioether (sulfide) groups is 1. The van der Waals surface area contributed by atoms with E-state index in [9.17, 15) is 4.79 Å². The van der Waals surface area contributed by atoms with Gasteiger partial charge in [0.25, 0.3) is 5.22 Å². The number of hydrogen-bond acceptors (Lipinski definition) is 5. The van der Waals surface area contributed by atoms with Crippen molar-refractivity contribution in [2.24, 2.45) is 0 Å². The molecule has 7 heteroatoms. The lowest BCUT2D eigenvalue weighted by atomic mass is 10.2. The molecule has 3 aromatic rings. The number of hydrogen-bond donors (Lipinski definition) is 0. The molecule has 0 N–H and O–H groups in total. The van der Waals surface area contributed by atoms with Crippen molar-refractivity contribution in [1.29, 1.82) is 0 Å². The van der Waals surface area contributed by atoms with Gasteiger partial charge in [-0.1, -0.05) is 41.1 Å². The highest BCUT2D eigenvalue weighted by atomic mass is 35.5. The number of aromatic nitrogens is 2. The monoisotopic (exact) mass is 373 g/mol. The Morgan fingerprint density at radius 1 is 1.12 bits per heavy atom. The summed E-state index contributed by atoms with van der Waals surface area (Å²) in [5.41, 5.74) is 2.79. The molecule has 0 radical (unpaired) electrons. The lowest BCUT2D eigenvalue weighted by Gasteiger charge is -2.16. The van der Waals surface area contributed by atoms with E-state index < -0.39 is 0 Å². The molecule has 0 saturated carbocycles. The van der Waals surface area contributed by atoms with Gasteiger partial charge in [-0.05, 0) is 43.3 Å². The first-order chi connectivity index (χ1) is 12.0. The third kappa shape index (κ3) is 4.41. The van der Waals surface area contributed by atoms with Gasteiger partial charge in [0.2, 0.25) is 11.8 Å². The molecule has 0 saturated heterocycles. The van der Waals surface area contributed by atoms with Gasteiger partial charge in [0.15, 0.2) is 0 Å². The van der Waals surface area contributed by atoms with E-state index >= 15 is 0 Å². The molecule has 0 aliphatic carbocycles. The Balaban J connectivity index is 1.60. The molecule has 1 amide bonds. The lowest BCUT2D eigenvalue weighted by molar-refractivity contribution is -0.115. The maximum absolute atomic E-state index is 12.3. The van der Waals surface area contributed by atoms with Gasteiger partial charge in [0.1, 0.15) is 0 Å². The van der Waals surface area contributed by atoms with E-state index in [1.165, 1.54) is 11.8 Å². The molecule has 0 aliphatic heterocycles. The molecular formula is C18H16ClN3O2S. The molecular weight excluding hydrogens is 358 g/mol. The van der Waals surface area contributed by atoms with Crippen LogP contribution in [0.3, 0.4) is 0 Å². The summed E-state index contributed by atoms with van der Waals surface area (Å²) in [6.07, 6.45) is 0. The van der Waals surface area contributed by atoms with Gasteiger partial charge in [-0.3, -0.25) is 4.79 Å². The summed E-state index contributed by atoms with van der Waals surface area (Å²) >= 11 is 7.08. The Hall–Kier alpha value is -2.31. The summed E-state index contributed by atoms with van der Waals surface area (Å²) in [6, 6.07) is 14.9. The normalized spacial score (nSPS) is 10.7. The van der Waals surface area contributed by atoms with Gasteiger partial charge in [0.05, 0.1) is 5.75 Å². The van der Waals surface area contributed by atoms with Crippen LogP contribution in [0.4, 0.5) is 5.69 Å². The molecule has 0 fully saturated rings. The number of halogens is 1. The third-order valence-electron chi connectivity index (χ3n) is 3.61. The summed E-state index contributed by atoms with van der Waals surface area (Å²) in [6.45, 7) is 2.01. The van der Waals surface area contributed by atoms with Gasteiger partial charge in [-0.25, -0.2) is 0 Å². The second-order valence-electron chi connectivity index (χ2n) is 5.46. The number of nitrogens with zero attached hydrogens (tertiary/aromatic N) is 3. The zero-order chi connectivity index (χ0) is 17.8. The Morgan fingerprint density at radius 2 is 1.80 bits per heavy atom. The number of amides is 1. The zero-order valence-electron chi connectivity index (χ0n) is 13.8. The number of benzene rings is 2. The van der Waals surface area contributed by atoms with Crippen LogP contribution in [0.1, 0.15) is 5.56 Å². The van der Waals surface area contributed by atoms with Crippen molar-refractivity contribution in [2.45, 2.75) is 12.1 Å². The van der Waals surface area contributed by atoms with Crippen LogP contribution in [-0.2, 0) is 4.79 Å². The van der Waals surface area contributed by atoms with Crippen molar-refractivity contribution in [3.05, 3.63) is 59.1 Å². The van der Waals surface area contributed by atoms with Crippen LogP contribution in [0, 0.1) is 6.92 Å². The molecule has 1 aromatic heterocycles. The van der Waals surface area contributed by atoms with Gasteiger partial charge >= 0.3 is 0 Å². The van der Waals surface area contributed by atoms with E-state index in [-0.39, 0.29) is 11.7 Å². The summed E-state index contributed by atoms with van der Waals surface area (Å²) < 4.78 is 5.59. The van der Waals surface area contributed by atoms with Gasteiger partial charge < -0.3 is 9.32 Å². The Morgan fingerprint density at radius 3 is 2.48 bits per heavy atom. The van der Waals surface area contributed by atoms with Crippen molar-refractivity contribution in [3.63, 3.8) is 0 Å². The first kappa shape index (κ1) is 17.5. The van der Waals surface area contributed by atoms with Gasteiger partial charge in [0, 0.05) is 23.3 Å². The molecule has 0 aliphatic rings. The van der Waals surface area contributed by atoms with Crippen molar-refractivity contribution in [1.82, 2.24) is 10.2 Å². The van der Waals surface area contributed by atoms with E-state index in [0.717, 1.165) is 16.8 Å². The van der Waals surface area contributed by atoms with Crippen molar-refractivity contribution >= 4 is 35.0 Å². The SMILES string of the molecule is Cc1ccc(N(C)C(=O)CSc2nnc(-c3ccc(Cl)cc3)o2)cc1. The maximum atomic E-state index is 12.3. The Bertz CT molecular complexity index is 863. The van der Waals surface area contributed by atoms with Crippen molar-refractivity contribution in [2.75, 3.05) is 17.7 Å². The fourth-order valence-electron chi connectivity index (χ4n) is 2.11. The van der Waals surface area contributed by atoms with Crippen LogP contribution >= 0.6 is 23.4 Å². The maximum Gasteiger partial charge on any atom is 0.277 e. The number of anilines is 1. The number of aryl methyl sites for hydroxylation is 1. The minimum Gasteiger partial charge on any atom is -0.411 e. The van der Waals surface area contributed by atoms with E-state index in [1.54, 1.807) is 36.2 Å². The minimum atomic E-state index is -0.0416. The highest BCUT2D eigenvalue weighted by Gasteiger charge is 2.15. The molecule has 0 spiro atoms. The standard InChI is InChI=1S/C18H16ClN3O2S/c1-12-3-9-15(10-4-12)22(2)16(23)11-25-18-21-20-17(24-18)13-5-7-14(19)8-6-13/h3-10H,11H2,1-2H3. The van der Waals surface area contributed by atoms with Gasteiger partial charge in [-0.15, -0.1) is 10.2 Å². The zero-order valence-corrected chi connectivity index (χ0v) is 15.3. The molecule has 2 aromatic carbocycles. The van der Waals surface area contributed by atoms with E-state index in [4.69, 9.17) is 16.0 Å². The molecule has 5 nitrogen and oxygen atoms in total. The van der Waals surface area contributed by atoms with Crippen LogP contribution in [0.2, 0.25) is 5.02 Å². The summed E-state index contributed by atoms with van der Waals surface area (Å²) in [7, 11) is 1.75. The highest BCUT2D eigenvalue weighted by Crippen LogP contribution is 2.25. The van der Waals surface area contributed by atoms with Crippen LogP contribution in [0.15, 0.2) is 58.2 Å². The predicted octanol–water partition coefficient (Wildman–Crippen LogP) is 4.45. The molecule has 3 rings (SSSR count). The van der Waals surface area contributed by atoms with E-state index in [0.29, 0.717) is 16.1 Å². The predicted molar refractivity (Wildman–Crippen MR) is 100 cm³/mol. The molecule has 1 heterocycles. The summed E-state index contributed by atoms with van der Waals surface area (Å²) in [5, 5.41) is 8.97. The fraction of sp³-hybridized carbons (Fsp3) is 0.167. The molecule has 0 atom stereocenters. The Labute approximate surface area is 155 Å².